The van der Waals surface area contributed by atoms with E-state index in [4.69, 9.17) is 4.74 Å². The number of likely N-dealkylation sites (tertiary alicyclic amines) is 1. The second-order valence-electron chi connectivity index (χ2n) is 7.49. The molecule has 0 unspecified atom stereocenters. The highest BCUT2D eigenvalue weighted by Gasteiger charge is 2.37. The second kappa shape index (κ2) is 9.03. The van der Waals surface area contributed by atoms with E-state index in [-0.39, 0.29) is 18.5 Å². The summed E-state index contributed by atoms with van der Waals surface area (Å²) in [4.78, 5) is 27.9. The number of benzene rings is 1. The van der Waals surface area contributed by atoms with Gasteiger partial charge in [-0.1, -0.05) is 52.9 Å². The molecule has 2 atom stereocenters. The van der Waals surface area contributed by atoms with Gasteiger partial charge >= 0.3 is 6.09 Å². The molecule has 0 spiro atoms. The maximum atomic E-state index is 12.5. The van der Waals surface area contributed by atoms with Crippen LogP contribution >= 0.6 is 22.6 Å². The van der Waals surface area contributed by atoms with Gasteiger partial charge in [-0.3, -0.25) is 4.79 Å². The highest BCUT2D eigenvalue weighted by Crippen LogP contribution is 2.22. The van der Waals surface area contributed by atoms with Crippen molar-refractivity contribution in [1.82, 2.24) is 9.80 Å². The molecule has 26 heavy (non-hydrogen) atoms. The molecule has 6 nitrogen and oxygen atoms in total. The van der Waals surface area contributed by atoms with Crippen LogP contribution in [-0.4, -0.2) is 62.2 Å². The molecule has 0 aliphatic carbocycles. The van der Waals surface area contributed by atoms with E-state index in [0.29, 0.717) is 23.9 Å². The quantitative estimate of drug-likeness (QED) is 0.539. The van der Waals surface area contributed by atoms with Crippen LogP contribution in [0.4, 0.5) is 4.79 Å². The van der Waals surface area contributed by atoms with E-state index in [1.807, 2.05) is 73.7 Å². The molecule has 7 heteroatoms. The van der Waals surface area contributed by atoms with Crippen LogP contribution in [0.3, 0.4) is 0 Å². The van der Waals surface area contributed by atoms with Crippen molar-refractivity contribution in [2.75, 3.05) is 17.5 Å². The fraction of sp³-hybridized carbons (Fsp3) is 0.579. The number of nitrogens with zero attached hydrogens (tertiary/aromatic N) is 2. The first-order chi connectivity index (χ1) is 12.2. The zero-order chi connectivity index (χ0) is 19.3. The number of piperidine rings is 1. The molecule has 2 amide bonds. The standard InChI is InChI=1S/C19H27IN2O4/c1-19(2,3)26-18(25)21-10-9-15(16(23)13-21)22(17(24)11-20)12-14-7-5-4-6-8-14/h4-8,15-16,23H,9-13H2,1-3H3/t15-,16-/m0/s1. The minimum Gasteiger partial charge on any atom is -0.444 e. The number of carbonyl (C=O) groups excluding carboxylic acids is 2. The molecule has 1 heterocycles. The molecular formula is C19H27IN2O4. The zero-order valence-electron chi connectivity index (χ0n) is 15.5. The third-order valence-electron chi connectivity index (χ3n) is 4.23. The fourth-order valence-electron chi connectivity index (χ4n) is 3.02. The highest BCUT2D eigenvalue weighted by molar-refractivity contribution is 14.1. The summed E-state index contributed by atoms with van der Waals surface area (Å²) in [5.41, 5.74) is 0.447. The first kappa shape index (κ1) is 21.0. The highest BCUT2D eigenvalue weighted by atomic mass is 127. The Morgan fingerprint density at radius 1 is 1.31 bits per heavy atom. The number of carbonyl (C=O) groups is 2. The van der Waals surface area contributed by atoms with Crippen LogP contribution in [0, 0.1) is 0 Å². The van der Waals surface area contributed by atoms with Crippen LogP contribution in [0.1, 0.15) is 32.8 Å². The van der Waals surface area contributed by atoms with Gasteiger partial charge < -0.3 is 19.6 Å². The lowest BCUT2D eigenvalue weighted by atomic mass is 9.99. The molecule has 144 valence electrons. The molecule has 0 saturated carbocycles. The van der Waals surface area contributed by atoms with Crippen molar-refractivity contribution in [3.05, 3.63) is 35.9 Å². The monoisotopic (exact) mass is 474 g/mol. The van der Waals surface area contributed by atoms with E-state index >= 15 is 0 Å². The van der Waals surface area contributed by atoms with Gasteiger partial charge in [-0.25, -0.2) is 4.79 Å². The smallest absolute Gasteiger partial charge is 0.410 e. The van der Waals surface area contributed by atoms with E-state index in [9.17, 15) is 14.7 Å². The third kappa shape index (κ3) is 5.84. The number of β-amino-alcohol motifs (C(OH)–C–C–N with tert-alkyl or cyclic N) is 1. The topological polar surface area (TPSA) is 70.1 Å². The van der Waals surface area contributed by atoms with Crippen LogP contribution in [0.25, 0.3) is 0 Å². The Hall–Kier alpha value is -1.35. The van der Waals surface area contributed by atoms with Crippen LogP contribution < -0.4 is 0 Å². The van der Waals surface area contributed by atoms with Gasteiger partial charge in [0.1, 0.15) is 5.60 Å². The van der Waals surface area contributed by atoms with E-state index in [2.05, 4.69) is 0 Å². The van der Waals surface area contributed by atoms with Crippen molar-refractivity contribution in [2.45, 2.75) is 51.5 Å². The Morgan fingerprint density at radius 3 is 2.50 bits per heavy atom. The number of ether oxygens (including phenoxy) is 1. The molecule has 2 rings (SSSR count). The fourth-order valence-corrected chi connectivity index (χ4v) is 3.46. The largest absolute Gasteiger partial charge is 0.444 e. The average Bonchev–Trinajstić information content (AvgIpc) is 2.58. The van der Waals surface area contributed by atoms with Gasteiger partial charge in [-0.05, 0) is 32.8 Å². The maximum absolute atomic E-state index is 12.5. The molecule has 1 fully saturated rings. The number of alkyl halides is 1. The van der Waals surface area contributed by atoms with Crippen molar-refractivity contribution in [2.24, 2.45) is 0 Å². The van der Waals surface area contributed by atoms with Gasteiger partial charge in [-0.2, -0.15) is 0 Å². The molecular weight excluding hydrogens is 447 g/mol. The number of hydrogen-bond acceptors (Lipinski definition) is 4. The average molecular weight is 474 g/mol. The summed E-state index contributed by atoms with van der Waals surface area (Å²) in [6.07, 6.45) is -0.702. The van der Waals surface area contributed by atoms with Crippen molar-refractivity contribution >= 4 is 34.6 Å². The van der Waals surface area contributed by atoms with Crippen LogP contribution in [0.2, 0.25) is 0 Å². The van der Waals surface area contributed by atoms with Gasteiger partial charge in [0, 0.05) is 13.1 Å². The molecule has 1 aromatic carbocycles. The Balaban J connectivity index is 2.06. The van der Waals surface area contributed by atoms with Crippen LogP contribution in [0.5, 0.6) is 0 Å². The third-order valence-corrected chi connectivity index (χ3v) is 4.88. The number of aliphatic hydroxyl groups excluding tert-OH is 1. The Kier molecular flexibility index (Phi) is 7.28. The molecule has 1 aromatic rings. The SMILES string of the molecule is CC(C)(C)OC(=O)N1CC[C@H](N(Cc2ccccc2)C(=O)CI)[C@@H](O)C1. The molecule has 0 aromatic heterocycles. The lowest BCUT2D eigenvalue weighted by Gasteiger charge is -2.41. The molecule has 1 N–H and O–H groups in total. The maximum Gasteiger partial charge on any atom is 0.410 e. The van der Waals surface area contributed by atoms with Gasteiger partial charge in [0.25, 0.3) is 0 Å². The number of halogens is 1. The Labute approximate surface area is 168 Å². The zero-order valence-corrected chi connectivity index (χ0v) is 17.7. The first-order valence-corrected chi connectivity index (χ1v) is 10.3. The van der Waals surface area contributed by atoms with E-state index in [1.165, 1.54) is 4.90 Å². The van der Waals surface area contributed by atoms with Crippen molar-refractivity contribution < 1.29 is 19.4 Å². The number of amides is 2. The summed E-state index contributed by atoms with van der Waals surface area (Å²) < 4.78 is 5.73. The lowest BCUT2D eigenvalue weighted by molar-refractivity contribution is -0.135. The Morgan fingerprint density at radius 2 is 1.96 bits per heavy atom. The number of rotatable bonds is 4. The van der Waals surface area contributed by atoms with Gasteiger partial charge in [0.15, 0.2) is 0 Å². The molecule has 1 aliphatic heterocycles. The summed E-state index contributed by atoms with van der Waals surface area (Å²) >= 11 is 2.05. The summed E-state index contributed by atoms with van der Waals surface area (Å²) in [6, 6.07) is 9.43. The van der Waals surface area contributed by atoms with Gasteiger partial charge in [-0.15, -0.1) is 0 Å². The Bertz CT molecular complexity index is 618. The van der Waals surface area contributed by atoms with Gasteiger partial charge in [0.05, 0.1) is 23.1 Å². The molecule has 0 radical (unpaired) electrons. The van der Waals surface area contributed by atoms with Gasteiger partial charge in [0.2, 0.25) is 5.91 Å². The minimum atomic E-state index is -0.799. The normalized spacial score (nSPS) is 20.6. The predicted molar refractivity (Wildman–Crippen MR) is 108 cm³/mol. The molecule has 1 aliphatic rings. The molecule has 1 saturated heterocycles. The van der Waals surface area contributed by atoms with E-state index in [0.717, 1.165) is 5.56 Å². The second-order valence-corrected chi connectivity index (χ2v) is 8.25. The van der Waals surface area contributed by atoms with Crippen LogP contribution in [-0.2, 0) is 16.1 Å². The minimum absolute atomic E-state index is 0.00998. The number of aliphatic hydroxyl groups is 1. The summed E-state index contributed by atoms with van der Waals surface area (Å²) in [6.45, 7) is 6.52. The summed E-state index contributed by atoms with van der Waals surface area (Å²) in [5, 5.41) is 10.6. The molecule has 0 bridgehead atoms. The van der Waals surface area contributed by atoms with E-state index < -0.39 is 17.8 Å². The summed E-state index contributed by atoms with van der Waals surface area (Å²) in [5.74, 6) is -0.00998. The first-order valence-electron chi connectivity index (χ1n) is 8.76. The van der Waals surface area contributed by atoms with Crippen molar-refractivity contribution in [3.8, 4) is 0 Å². The predicted octanol–water partition coefficient (Wildman–Crippen LogP) is 2.82. The summed E-state index contributed by atoms with van der Waals surface area (Å²) in [7, 11) is 0. The van der Waals surface area contributed by atoms with Crippen molar-refractivity contribution in [3.63, 3.8) is 0 Å². The number of hydrogen-bond donors (Lipinski definition) is 1. The lowest BCUT2D eigenvalue weighted by Crippen LogP contribution is -2.57. The van der Waals surface area contributed by atoms with Crippen molar-refractivity contribution in [1.29, 1.82) is 0 Å². The van der Waals surface area contributed by atoms with E-state index in [1.54, 1.807) is 4.90 Å². The van der Waals surface area contributed by atoms with Crippen LogP contribution in [0.15, 0.2) is 30.3 Å².